The maximum atomic E-state index is 11.9. The molecule has 110 valence electrons. The fraction of sp³-hybridized carbons (Fsp3) is 0.500. The van der Waals surface area contributed by atoms with E-state index in [0.29, 0.717) is 11.6 Å². The molecule has 1 saturated carbocycles. The van der Waals surface area contributed by atoms with Crippen LogP contribution in [0.4, 0.5) is 5.69 Å². The van der Waals surface area contributed by atoms with Gasteiger partial charge in [-0.1, -0.05) is 6.92 Å². The van der Waals surface area contributed by atoms with Crippen LogP contribution in [0.5, 0.6) is 0 Å². The summed E-state index contributed by atoms with van der Waals surface area (Å²) in [7, 11) is -3.48. The predicted molar refractivity (Wildman–Crippen MR) is 77.8 cm³/mol. The van der Waals surface area contributed by atoms with Gasteiger partial charge in [-0.25, -0.2) is 13.1 Å². The van der Waals surface area contributed by atoms with Crippen LogP contribution >= 0.6 is 0 Å². The molecule has 1 fully saturated rings. The minimum absolute atomic E-state index is 0.00779. The molecule has 0 spiro atoms. The molecule has 1 aromatic rings. The summed E-state index contributed by atoms with van der Waals surface area (Å²) in [6.45, 7) is 5.57. The van der Waals surface area contributed by atoms with E-state index in [4.69, 9.17) is 0 Å². The molecule has 6 heteroatoms. The van der Waals surface area contributed by atoms with E-state index < -0.39 is 10.0 Å². The maximum Gasteiger partial charge on any atom is 0.240 e. The number of sulfonamides is 1. The molecular weight excluding hydrogens is 276 g/mol. The summed E-state index contributed by atoms with van der Waals surface area (Å²) in [4.78, 5) is 12.0. The molecule has 1 aliphatic rings. The lowest BCUT2D eigenvalue weighted by molar-refractivity contribution is -0.117. The van der Waals surface area contributed by atoms with Gasteiger partial charge in [0.2, 0.25) is 15.9 Å². The van der Waals surface area contributed by atoms with Crippen molar-refractivity contribution in [1.29, 1.82) is 0 Å². The lowest BCUT2D eigenvalue weighted by atomic mass is 10.3. The number of carbonyl (C=O) groups excluding carboxylic acids is 1. The largest absolute Gasteiger partial charge is 0.326 e. The number of nitrogens with one attached hydrogen (secondary N) is 2. The zero-order chi connectivity index (χ0) is 14.9. The van der Waals surface area contributed by atoms with Crippen molar-refractivity contribution in [3.63, 3.8) is 0 Å². The number of hydrogen-bond donors (Lipinski definition) is 2. The lowest BCUT2D eigenvalue weighted by Crippen LogP contribution is -2.30. The van der Waals surface area contributed by atoms with Gasteiger partial charge < -0.3 is 5.32 Å². The number of hydrogen-bond acceptors (Lipinski definition) is 3. The molecule has 2 rings (SSSR count). The van der Waals surface area contributed by atoms with Crippen molar-refractivity contribution < 1.29 is 13.2 Å². The van der Waals surface area contributed by atoms with Crippen LogP contribution in [0.2, 0.25) is 0 Å². The van der Waals surface area contributed by atoms with E-state index in [9.17, 15) is 13.2 Å². The van der Waals surface area contributed by atoms with Crippen LogP contribution in [0.3, 0.4) is 0 Å². The molecule has 0 heterocycles. The van der Waals surface area contributed by atoms with Gasteiger partial charge in [0.25, 0.3) is 0 Å². The van der Waals surface area contributed by atoms with Crippen molar-refractivity contribution in [2.45, 2.75) is 38.1 Å². The smallest absolute Gasteiger partial charge is 0.240 e. The van der Waals surface area contributed by atoms with Crippen molar-refractivity contribution in [1.82, 2.24) is 4.72 Å². The van der Waals surface area contributed by atoms with E-state index in [0.717, 1.165) is 6.42 Å². The van der Waals surface area contributed by atoms with Gasteiger partial charge in [0.05, 0.1) is 4.90 Å². The Labute approximate surface area is 119 Å². The molecular formula is C14H20N2O3S. The maximum absolute atomic E-state index is 11.9. The van der Waals surface area contributed by atoms with E-state index in [1.54, 1.807) is 26.0 Å². The lowest BCUT2D eigenvalue weighted by Gasteiger charge is -2.10. The van der Waals surface area contributed by atoms with Crippen molar-refractivity contribution in [3.8, 4) is 0 Å². The third kappa shape index (κ3) is 3.58. The van der Waals surface area contributed by atoms with Gasteiger partial charge >= 0.3 is 0 Å². The SMILES string of the molecule is CC(C)NS(=O)(=O)c1ccc(NC(=O)[C@H]2C[C@@H]2C)cc1. The topological polar surface area (TPSA) is 75.3 Å². The Hall–Kier alpha value is -1.40. The van der Waals surface area contributed by atoms with E-state index >= 15 is 0 Å². The fourth-order valence-corrected chi connectivity index (χ4v) is 3.27. The van der Waals surface area contributed by atoms with Crippen LogP contribution in [0, 0.1) is 11.8 Å². The predicted octanol–water partition coefficient (Wildman–Crippen LogP) is 1.97. The average molecular weight is 296 g/mol. The second-order valence-electron chi connectivity index (χ2n) is 5.61. The average Bonchev–Trinajstić information content (AvgIpc) is 3.05. The number of amides is 1. The summed E-state index contributed by atoms with van der Waals surface area (Å²) in [6.07, 6.45) is 0.927. The quantitative estimate of drug-likeness (QED) is 0.872. The van der Waals surface area contributed by atoms with E-state index in [1.807, 2.05) is 6.92 Å². The van der Waals surface area contributed by atoms with E-state index in [1.165, 1.54) is 12.1 Å². The normalized spacial score (nSPS) is 21.8. The summed E-state index contributed by atoms with van der Waals surface area (Å²) in [5, 5.41) is 2.80. The van der Waals surface area contributed by atoms with Crippen molar-refractivity contribution >= 4 is 21.6 Å². The van der Waals surface area contributed by atoms with Crippen LogP contribution in [-0.4, -0.2) is 20.4 Å². The van der Waals surface area contributed by atoms with Gasteiger partial charge in [-0.05, 0) is 50.5 Å². The molecule has 20 heavy (non-hydrogen) atoms. The van der Waals surface area contributed by atoms with Crippen LogP contribution < -0.4 is 10.0 Å². The molecule has 1 aromatic carbocycles. The standard InChI is InChI=1S/C14H20N2O3S/c1-9(2)16-20(18,19)12-6-4-11(5-7-12)15-14(17)13-8-10(13)3/h4-7,9-10,13,16H,8H2,1-3H3,(H,15,17)/t10-,13-/m0/s1. The Bertz CT molecular complexity index is 593. The monoisotopic (exact) mass is 296 g/mol. The number of benzene rings is 1. The Kier molecular flexibility index (Phi) is 4.15. The second kappa shape index (κ2) is 5.54. The van der Waals surface area contributed by atoms with E-state index in [2.05, 4.69) is 10.0 Å². The van der Waals surface area contributed by atoms with E-state index in [-0.39, 0.29) is 22.8 Å². The highest BCUT2D eigenvalue weighted by atomic mass is 32.2. The molecule has 5 nitrogen and oxygen atoms in total. The molecule has 1 aliphatic carbocycles. The summed E-state index contributed by atoms with van der Waals surface area (Å²) in [5.41, 5.74) is 0.623. The minimum atomic E-state index is -3.48. The fourth-order valence-electron chi connectivity index (χ4n) is 2.02. The first-order valence-electron chi connectivity index (χ1n) is 6.73. The van der Waals surface area contributed by atoms with Gasteiger partial charge in [-0.2, -0.15) is 0 Å². The molecule has 0 bridgehead atoms. The number of rotatable bonds is 5. The van der Waals surface area contributed by atoms with Crippen molar-refractivity contribution in [3.05, 3.63) is 24.3 Å². The Balaban J connectivity index is 2.04. The molecule has 0 saturated heterocycles. The summed E-state index contributed by atoms with van der Waals surface area (Å²) < 4.78 is 26.4. The highest BCUT2D eigenvalue weighted by Crippen LogP contribution is 2.38. The van der Waals surface area contributed by atoms with Gasteiger partial charge in [0.15, 0.2) is 0 Å². The molecule has 0 aromatic heterocycles. The number of anilines is 1. The molecule has 0 aliphatic heterocycles. The molecule has 2 atom stereocenters. The third-order valence-corrected chi connectivity index (χ3v) is 4.94. The van der Waals surface area contributed by atoms with Crippen LogP contribution in [0.25, 0.3) is 0 Å². The molecule has 1 amide bonds. The van der Waals surface area contributed by atoms with Crippen LogP contribution in [0.15, 0.2) is 29.2 Å². The van der Waals surface area contributed by atoms with Gasteiger partial charge in [0, 0.05) is 17.6 Å². The Morgan fingerprint density at radius 3 is 2.25 bits per heavy atom. The summed E-state index contributed by atoms with van der Waals surface area (Å²) in [6, 6.07) is 6.06. The van der Waals surface area contributed by atoms with Gasteiger partial charge in [-0.3, -0.25) is 4.79 Å². The Morgan fingerprint density at radius 2 is 1.80 bits per heavy atom. The van der Waals surface area contributed by atoms with Gasteiger partial charge in [0.1, 0.15) is 0 Å². The van der Waals surface area contributed by atoms with Crippen LogP contribution in [0.1, 0.15) is 27.2 Å². The Morgan fingerprint density at radius 1 is 1.25 bits per heavy atom. The zero-order valence-corrected chi connectivity index (χ0v) is 12.7. The van der Waals surface area contributed by atoms with Crippen molar-refractivity contribution in [2.75, 3.05) is 5.32 Å². The highest BCUT2D eigenvalue weighted by molar-refractivity contribution is 7.89. The summed E-state index contributed by atoms with van der Waals surface area (Å²) >= 11 is 0. The first-order valence-corrected chi connectivity index (χ1v) is 8.21. The zero-order valence-electron chi connectivity index (χ0n) is 11.9. The molecule has 0 radical (unpaired) electrons. The highest BCUT2D eigenvalue weighted by Gasteiger charge is 2.39. The van der Waals surface area contributed by atoms with Gasteiger partial charge in [-0.15, -0.1) is 0 Å². The summed E-state index contributed by atoms with van der Waals surface area (Å²) in [5.74, 6) is 0.555. The van der Waals surface area contributed by atoms with Crippen molar-refractivity contribution in [2.24, 2.45) is 11.8 Å². The first kappa shape index (κ1) is 15.0. The second-order valence-corrected chi connectivity index (χ2v) is 7.32. The number of carbonyl (C=O) groups is 1. The molecule has 0 unspecified atom stereocenters. The third-order valence-electron chi connectivity index (χ3n) is 3.27. The molecule has 2 N–H and O–H groups in total. The first-order chi connectivity index (χ1) is 9.29. The minimum Gasteiger partial charge on any atom is -0.326 e. The van der Waals surface area contributed by atoms with Crippen LogP contribution in [-0.2, 0) is 14.8 Å².